The maximum Gasteiger partial charge on any atom is 0.330 e. The molecule has 3 aliphatic carbocycles. The van der Waals surface area contributed by atoms with E-state index in [0.717, 1.165) is 5.57 Å². The van der Waals surface area contributed by atoms with Crippen molar-refractivity contribution in [2.75, 3.05) is 0 Å². The number of rotatable bonds is 5. The number of allylic oxidation sites excluding steroid dienone is 3. The van der Waals surface area contributed by atoms with Crippen LogP contribution in [-0.4, -0.2) is 50.2 Å². The number of carboxylic acid groups (broad SMARTS) is 1. The number of ether oxygens (including phenoxy) is 3. The molecule has 2 fully saturated rings. The van der Waals surface area contributed by atoms with Crippen molar-refractivity contribution in [2.24, 2.45) is 11.8 Å². The maximum absolute atomic E-state index is 14.5. The van der Waals surface area contributed by atoms with Gasteiger partial charge in [0.15, 0.2) is 22.8 Å². The van der Waals surface area contributed by atoms with Gasteiger partial charge in [-0.3, -0.25) is 9.59 Å². The molecule has 6 aliphatic rings. The van der Waals surface area contributed by atoms with Gasteiger partial charge in [-0.15, -0.1) is 0 Å². The van der Waals surface area contributed by atoms with Crippen LogP contribution in [0.25, 0.3) is 6.08 Å². The highest BCUT2D eigenvalue weighted by Gasteiger charge is 2.81. The third-order valence-electron chi connectivity index (χ3n) is 9.37. The summed E-state index contributed by atoms with van der Waals surface area (Å²) in [6, 6.07) is 0. The van der Waals surface area contributed by atoms with E-state index in [1.807, 2.05) is 53.7 Å². The molecule has 1 saturated heterocycles. The lowest BCUT2D eigenvalue weighted by atomic mass is 9.51. The molecule has 4 unspecified atom stereocenters. The van der Waals surface area contributed by atoms with Crippen molar-refractivity contribution in [3.63, 3.8) is 0 Å². The van der Waals surface area contributed by atoms with Crippen LogP contribution in [0.5, 0.6) is 17.2 Å². The molecule has 1 aromatic rings. The first kappa shape index (κ1) is 27.5. The van der Waals surface area contributed by atoms with Crippen molar-refractivity contribution in [2.45, 2.75) is 90.1 Å². The number of phenolic OH excluding ortho intramolecular Hbond substituents is 1. The summed E-state index contributed by atoms with van der Waals surface area (Å²) in [5.41, 5.74) is -2.14. The lowest BCUT2D eigenvalue weighted by Gasteiger charge is -2.56. The van der Waals surface area contributed by atoms with Crippen LogP contribution in [0.2, 0.25) is 0 Å². The Morgan fingerprint density at radius 1 is 1.07 bits per heavy atom. The number of carbonyl (C=O) groups is 3. The van der Waals surface area contributed by atoms with E-state index in [4.69, 9.17) is 14.2 Å². The zero-order valence-electron chi connectivity index (χ0n) is 24.5. The number of hydrogen-bond acceptors (Lipinski definition) is 7. The van der Waals surface area contributed by atoms with Gasteiger partial charge in [0.2, 0.25) is 0 Å². The SMILES string of the molecule is CC(C)=CCc1c2c(c(O)c3c1OC14C(=CC5CC1C(C)(C)OC4(C/C=C(/C)C(=O)O)C5=O)C3=O)C=CC(C)(C)O2. The quantitative estimate of drug-likeness (QED) is 0.357. The first-order valence-corrected chi connectivity index (χ1v) is 14.1. The predicted molar refractivity (Wildman–Crippen MR) is 151 cm³/mol. The Morgan fingerprint density at radius 3 is 2.44 bits per heavy atom. The van der Waals surface area contributed by atoms with Gasteiger partial charge in [-0.05, 0) is 73.5 Å². The van der Waals surface area contributed by atoms with Gasteiger partial charge in [0.05, 0.1) is 11.2 Å². The van der Waals surface area contributed by atoms with E-state index in [9.17, 15) is 24.6 Å². The topological polar surface area (TPSA) is 119 Å². The summed E-state index contributed by atoms with van der Waals surface area (Å²) in [7, 11) is 0. The summed E-state index contributed by atoms with van der Waals surface area (Å²) < 4.78 is 20.1. The molecule has 8 nitrogen and oxygen atoms in total. The fraction of sp³-hybridized carbons (Fsp3) is 0.485. The Bertz CT molecular complexity index is 1560. The lowest BCUT2D eigenvalue weighted by molar-refractivity contribution is -0.171. The molecule has 4 bridgehead atoms. The second-order valence-corrected chi connectivity index (χ2v) is 13.2. The molecule has 0 aromatic heterocycles. The first-order valence-electron chi connectivity index (χ1n) is 14.1. The van der Waals surface area contributed by atoms with E-state index in [1.54, 1.807) is 12.2 Å². The van der Waals surface area contributed by atoms with Crippen molar-refractivity contribution in [3.8, 4) is 17.2 Å². The number of aromatic hydroxyl groups is 1. The number of hydrogen-bond donors (Lipinski definition) is 2. The largest absolute Gasteiger partial charge is 0.506 e. The second-order valence-electron chi connectivity index (χ2n) is 13.2. The van der Waals surface area contributed by atoms with Gasteiger partial charge in [0.25, 0.3) is 0 Å². The van der Waals surface area contributed by atoms with Crippen molar-refractivity contribution in [1.82, 2.24) is 0 Å². The highest BCUT2D eigenvalue weighted by Crippen LogP contribution is 2.68. The molecule has 0 radical (unpaired) electrons. The minimum Gasteiger partial charge on any atom is -0.506 e. The number of aliphatic carboxylic acids is 1. The third kappa shape index (κ3) is 3.52. The number of ketones is 2. The standard InChI is InChI=1S/C33H36O8/c1-16(2)8-9-20-26-19(11-12-30(4,5)39-26)24(34)23-25(35)21-14-18-15-22-31(6,7)41-32(28(18)36,13-10-17(3)29(37)38)33(21,22)40-27(20)23/h8,10-12,14,18,22,34H,9,13,15H2,1-7H3,(H,37,38)/b17-10-. The average Bonchev–Trinajstić information content (AvgIpc) is 3.03. The molecule has 3 aliphatic heterocycles. The molecular weight excluding hydrogens is 524 g/mol. The number of benzene rings is 1. The summed E-state index contributed by atoms with van der Waals surface area (Å²) in [6.45, 7) is 13.0. The van der Waals surface area contributed by atoms with Crippen LogP contribution >= 0.6 is 0 Å². The van der Waals surface area contributed by atoms with E-state index in [1.165, 1.54) is 13.0 Å². The second kappa shape index (κ2) is 8.44. The van der Waals surface area contributed by atoms with Gasteiger partial charge in [-0.1, -0.05) is 23.8 Å². The molecule has 1 saturated carbocycles. The first-order chi connectivity index (χ1) is 19.1. The molecular formula is C33H36O8. The summed E-state index contributed by atoms with van der Waals surface area (Å²) in [4.78, 5) is 40.4. The Morgan fingerprint density at radius 2 is 1.78 bits per heavy atom. The van der Waals surface area contributed by atoms with Gasteiger partial charge < -0.3 is 24.4 Å². The predicted octanol–water partition coefficient (Wildman–Crippen LogP) is 5.51. The number of carboxylic acids is 1. The van der Waals surface area contributed by atoms with Crippen LogP contribution < -0.4 is 9.47 Å². The van der Waals surface area contributed by atoms with Crippen LogP contribution in [0.1, 0.15) is 82.8 Å². The summed E-state index contributed by atoms with van der Waals surface area (Å²) >= 11 is 0. The van der Waals surface area contributed by atoms with E-state index >= 15 is 0 Å². The number of carbonyl (C=O) groups excluding carboxylic acids is 2. The van der Waals surface area contributed by atoms with Gasteiger partial charge in [-0.2, -0.15) is 0 Å². The molecule has 2 N–H and O–H groups in total. The fourth-order valence-corrected chi connectivity index (χ4v) is 7.44. The molecule has 1 aromatic carbocycles. The monoisotopic (exact) mass is 560 g/mol. The zero-order valence-corrected chi connectivity index (χ0v) is 24.5. The molecule has 4 atom stereocenters. The van der Waals surface area contributed by atoms with Crippen LogP contribution in [0.4, 0.5) is 0 Å². The van der Waals surface area contributed by atoms with Crippen molar-refractivity contribution in [3.05, 3.63) is 57.7 Å². The Hall–Kier alpha value is -3.65. The lowest BCUT2D eigenvalue weighted by Crippen LogP contribution is -2.72. The van der Waals surface area contributed by atoms with Crippen LogP contribution in [0.15, 0.2) is 41.0 Å². The van der Waals surface area contributed by atoms with Crippen LogP contribution in [0, 0.1) is 11.8 Å². The number of phenols is 1. The molecule has 7 rings (SSSR count). The summed E-state index contributed by atoms with van der Waals surface area (Å²) in [5, 5.41) is 21.1. The Kier molecular flexibility index (Phi) is 5.67. The summed E-state index contributed by atoms with van der Waals surface area (Å²) in [5.74, 6) is -2.29. The van der Waals surface area contributed by atoms with E-state index in [0.29, 0.717) is 35.3 Å². The van der Waals surface area contributed by atoms with Gasteiger partial charge in [0.1, 0.15) is 28.4 Å². The van der Waals surface area contributed by atoms with E-state index in [2.05, 4.69) is 0 Å². The smallest absolute Gasteiger partial charge is 0.330 e. The Labute approximate surface area is 239 Å². The molecule has 1 spiro atoms. The van der Waals surface area contributed by atoms with Crippen molar-refractivity contribution in [1.29, 1.82) is 0 Å². The van der Waals surface area contributed by atoms with E-state index in [-0.39, 0.29) is 40.8 Å². The van der Waals surface area contributed by atoms with Gasteiger partial charge in [0, 0.05) is 35.0 Å². The van der Waals surface area contributed by atoms with E-state index < -0.39 is 40.1 Å². The zero-order chi connectivity index (χ0) is 29.9. The average molecular weight is 561 g/mol. The highest BCUT2D eigenvalue weighted by molar-refractivity contribution is 6.19. The normalized spacial score (nSPS) is 31.4. The third-order valence-corrected chi connectivity index (χ3v) is 9.37. The molecule has 8 heteroatoms. The highest BCUT2D eigenvalue weighted by atomic mass is 16.6. The molecule has 3 heterocycles. The van der Waals surface area contributed by atoms with Gasteiger partial charge in [-0.25, -0.2) is 4.79 Å². The fourth-order valence-electron chi connectivity index (χ4n) is 7.44. The number of Topliss-reactive ketones (excluding diaryl/α,β-unsaturated/α-hetero) is 2. The molecule has 216 valence electrons. The molecule has 0 amide bonds. The summed E-state index contributed by atoms with van der Waals surface area (Å²) in [6.07, 6.45) is 9.54. The minimum atomic E-state index is -1.61. The van der Waals surface area contributed by atoms with Crippen molar-refractivity contribution < 1.29 is 38.8 Å². The minimum absolute atomic E-state index is 0.0513. The number of fused-ring (bicyclic) bond motifs is 2. The molecule has 41 heavy (non-hydrogen) atoms. The van der Waals surface area contributed by atoms with Gasteiger partial charge >= 0.3 is 5.97 Å². The van der Waals surface area contributed by atoms with Crippen LogP contribution in [-0.2, 0) is 20.7 Å². The Balaban J connectivity index is 1.66. The van der Waals surface area contributed by atoms with Crippen LogP contribution in [0.3, 0.4) is 0 Å². The van der Waals surface area contributed by atoms with Crippen molar-refractivity contribution >= 4 is 23.6 Å². The maximum atomic E-state index is 14.5.